The molecule has 1 saturated heterocycles. The molecule has 100 valence electrons. The first-order chi connectivity index (χ1) is 9.13. The van der Waals surface area contributed by atoms with Crippen LogP contribution in [0.1, 0.15) is 4.88 Å². The third-order valence-corrected chi connectivity index (χ3v) is 3.68. The minimum Gasteiger partial charge on any atom is -0.383 e. The van der Waals surface area contributed by atoms with E-state index in [-0.39, 0.29) is 16.6 Å². The van der Waals surface area contributed by atoms with Gasteiger partial charge >= 0.3 is 0 Å². The Bertz CT molecular complexity index is 537. The number of rotatable bonds is 4. The van der Waals surface area contributed by atoms with Crippen LogP contribution < -0.4 is 5.32 Å². The Balaban J connectivity index is 2.25. The number of ether oxygens (including phenoxy) is 1. The van der Waals surface area contributed by atoms with Gasteiger partial charge in [-0.05, 0) is 29.7 Å². The van der Waals surface area contributed by atoms with E-state index in [1.807, 2.05) is 17.5 Å². The Morgan fingerprint density at radius 3 is 2.95 bits per heavy atom. The highest BCUT2D eigenvalue weighted by atomic mass is 32.1. The zero-order chi connectivity index (χ0) is 13.8. The molecule has 0 bridgehead atoms. The number of methoxy groups -OCH3 is 1. The van der Waals surface area contributed by atoms with Crippen LogP contribution in [0.4, 0.5) is 0 Å². The average Bonchev–Trinajstić information content (AvgIpc) is 2.87. The highest BCUT2D eigenvalue weighted by molar-refractivity contribution is 7.80. The molecule has 0 atom stereocenters. The van der Waals surface area contributed by atoms with Crippen LogP contribution in [0.25, 0.3) is 6.08 Å². The van der Waals surface area contributed by atoms with Crippen molar-refractivity contribution in [3.63, 3.8) is 0 Å². The number of amides is 2. The van der Waals surface area contributed by atoms with Gasteiger partial charge in [-0.1, -0.05) is 6.07 Å². The Morgan fingerprint density at radius 2 is 2.32 bits per heavy atom. The first-order valence-corrected chi connectivity index (χ1v) is 6.83. The lowest BCUT2D eigenvalue weighted by molar-refractivity contribution is -0.129. The predicted molar refractivity (Wildman–Crippen MR) is 76.6 cm³/mol. The molecule has 1 N–H and O–H groups in total. The fraction of sp³-hybridized carbons (Fsp3) is 0.250. The van der Waals surface area contributed by atoms with Gasteiger partial charge in [-0.2, -0.15) is 0 Å². The van der Waals surface area contributed by atoms with Crippen molar-refractivity contribution in [2.45, 2.75) is 0 Å². The third kappa shape index (κ3) is 3.06. The number of hydrogen-bond acceptors (Lipinski definition) is 5. The van der Waals surface area contributed by atoms with Gasteiger partial charge < -0.3 is 4.74 Å². The molecule has 2 rings (SSSR count). The molecule has 1 aliphatic heterocycles. The second-order valence-electron chi connectivity index (χ2n) is 3.78. The Labute approximate surface area is 119 Å². The van der Waals surface area contributed by atoms with Crippen molar-refractivity contribution in [1.82, 2.24) is 10.2 Å². The van der Waals surface area contributed by atoms with Crippen molar-refractivity contribution < 1.29 is 14.3 Å². The lowest BCUT2D eigenvalue weighted by atomic mass is 10.1. The van der Waals surface area contributed by atoms with Crippen LogP contribution in [0.15, 0.2) is 23.1 Å². The molecular weight excluding hydrogens is 284 g/mol. The normalized spacial score (nSPS) is 18.1. The lowest BCUT2D eigenvalue weighted by Gasteiger charge is -2.28. The van der Waals surface area contributed by atoms with Crippen LogP contribution in [0.5, 0.6) is 0 Å². The molecule has 0 radical (unpaired) electrons. The Hall–Kier alpha value is -1.57. The number of carbonyl (C=O) groups excluding carboxylic acids is 2. The van der Waals surface area contributed by atoms with Crippen LogP contribution in [0, 0.1) is 0 Å². The summed E-state index contributed by atoms with van der Waals surface area (Å²) in [6, 6.07) is 3.69. The van der Waals surface area contributed by atoms with E-state index in [2.05, 4.69) is 5.32 Å². The molecule has 5 nitrogen and oxygen atoms in total. The van der Waals surface area contributed by atoms with Crippen molar-refractivity contribution >= 4 is 46.6 Å². The van der Waals surface area contributed by atoms with Gasteiger partial charge in [-0.25, -0.2) is 0 Å². The minimum absolute atomic E-state index is 0.0900. The summed E-state index contributed by atoms with van der Waals surface area (Å²) < 4.78 is 4.93. The smallest absolute Gasteiger partial charge is 0.265 e. The number of hydrogen-bond donors (Lipinski definition) is 1. The van der Waals surface area contributed by atoms with Crippen LogP contribution in [-0.4, -0.2) is 42.1 Å². The van der Waals surface area contributed by atoms with Gasteiger partial charge in [0, 0.05) is 12.0 Å². The maximum Gasteiger partial charge on any atom is 0.265 e. The van der Waals surface area contributed by atoms with Crippen molar-refractivity contribution in [3.8, 4) is 0 Å². The van der Waals surface area contributed by atoms with Gasteiger partial charge in [0.2, 0.25) is 0 Å². The molecule has 1 aromatic rings. The van der Waals surface area contributed by atoms with E-state index in [0.29, 0.717) is 13.2 Å². The second-order valence-corrected chi connectivity index (χ2v) is 5.15. The molecule has 1 aliphatic rings. The summed E-state index contributed by atoms with van der Waals surface area (Å²) >= 11 is 6.44. The van der Waals surface area contributed by atoms with Gasteiger partial charge in [0.15, 0.2) is 5.11 Å². The van der Waals surface area contributed by atoms with Crippen molar-refractivity contribution in [2.75, 3.05) is 20.3 Å². The molecule has 2 heterocycles. The van der Waals surface area contributed by atoms with E-state index in [1.54, 1.807) is 13.2 Å². The number of nitrogens with zero attached hydrogens (tertiary/aromatic N) is 1. The van der Waals surface area contributed by atoms with Crippen molar-refractivity contribution in [3.05, 3.63) is 28.0 Å². The fourth-order valence-corrected chi connectivity index (χ4v) is 2.52. The average molecular weight is 296 g/mol. The summed E-state index contributed by atoms with van der Waals surface area (Å²) in [5.74, 6) is -0.851. The number of thiophene rings is 1. The Kier molecular flexibility index (Phi) is 4.41. The van der Waals surface area contributed by atoms with Crippen LogP contribution >= 0.6 is 23.6 Å². The molecule has 2 amide bonds. The molecule has 19 heavy (non-hydrogen) atoms. The maximum atomic E-state index is 12.2. The summed E-state index contributed by atoms with van der Waals surface area (Å²) in [5, 5.41) is 4.51. The maximum absolute atomic E-state index is 12.2. The largest absolute Gasteiger partial charge is 0.383 e. The molecule has 0 aliphatic carbocycles. The van der Waals surface area contributed by atoms with Crippen molar-refractivity contribution in [1.29, 1.82) is 0 Å². The summed E-state index contributed by atoms with van der Waals surface area (Å²) in [4.78, 5) is 26.2. The molecule has 0 unspecified atom stereocenters. The van der Waals surface area contributed by atoms with E-state index < -0.39 is 5.91 Å². The molecular formula is C12H12N2O3S2. The van der Waals surface area contributed by atoms with Gasteiger partial charge in [-0.15, -0.1) is 11.3 Å². The van der Waals surface area contributed by atoms with Crippen LogP contribution in [0.3, 0.4) is 0 Å². The van der Waals surface area contributed by atoms with Crippen LogP contribution in [0.2, 0.25) is 0 Å². The van der Waals surface area contributed by atoms with Crippen LogP contribution in [-0.2, 0) is 14.3 Å². The lowest BCUT2D eigenvalue weighted by Crippen LogP contribution is -2.54. The molecule has 1 fully saturated rings. The monoisotopic (exact) mass is 296 g/mol. The highest BCUT2D eigenvalue weighted by Gasteiger charge is 2.32. The first kappa shape index (κ1) is 13.9. The first-order valence-electron chi connectivity index (χ1n) is 5.55. The van der Waals surface area contributed by atoms with E-state index in [0.717, 1.165) is 4.88 Å². The van der Waals surface area contributed by atoms with E-state index >= 15 is 0 Å². The second kappa shape index (κ2) is 6.05. The molecule has 0 saturated carbocycles. The summed E-state index contributed by atoms with van der Waals surface area (Å²) in [6.45, 7) is 0.671. The van der Waals surface area contributed by atoms with Gasteiger partial charge in [-0.3, -0.25) is 19.8 Å². The SMILES string of the molecule is COCCN1C(=O)/C(=C/c2cccs2)C(=O)NC1=S. The summed E-state index contributed by atoms with van der Waals surface area (Å²) in [6.07, 6.45) is 1.57. The number of thiocarbonyl (C=S) groups is 1. The Morgan fingerprint density at radius 1 is 1.53 bits per heavy atom. The molecule has 1 aromatic heterocycles. The van der Waals surface area contributed by atoms with Gasteiger partial charge in [0.1, 0.15) is 5.57 Å². The fourth-order valence-electron chi connectivity index (χ4n) is 1.60. The predicted octanol–water partition coefficient (Wildman–Crippen LogP) is 1.02. The topological polar surface area (TPSA) is 58.6 Å². The summed E-state index contributed by atoms with van der Waals surface area (Å²) in [7, 11) is 1.54. The standard InChI is InChI=1S/C12H12N2O3S2/c1-17-5-4-14-11(16)9(10(15)13-12(14)18)7-8-3-2-6-19-8/h2-3,6-7H,4-5H2,1H3,(H,13,15,18)/b9-7+. The van der Waals surface area contributed by atoms with E-state index in [1.165, 1.54) is 16.2 Å². The highest BCUT2D eigenvalue weighted by Crippen LogP contribution is 2.17. The molecule has 7 heteroatoms. The van der Waals surface area contributed by atoms with E-state index in [9.17, 15) is 9.59 Å². The van der Waals surface area contributed by atoms with Gasteiger partial charge in [0.05, 0.1) is 13.2 Å². The zero-order valence-electron chi connectivity index (χ0n) is 10.2. The zero-order valence-corrected chi connectivity index (χ0v) is 11.8. The summed E-state index contributed by atoms with van der Waals surface area (Å²) in [5.41, 5.74) is 0.0900. The van der Waals surface area contributed by atoms with Gasteiger partial charge in [0.25, 0.3) is 11.8 Å². The van der Waals surface area contributed by atoms with Crippen molar-refractivity contribution in [2.24, 2.45) is 0 Å². The minimum atomic E-state index is -0.461. The third-order valence-electron chi connectivity index (χ3n) is 2.53. The quantitative estimate of drug-likeness (QED) is 0.512. The molecule has 0 aromatic carbocycles. The number of nitrogens with one attached hydrogen (secondary N) is 1. The molecule has 0 spiro atoms. The van der Waals surface area contributed by atoms with E-state index in [4.69, 9.17) is 17.0 Å². The number of carbonyl (C=O) groups is 2.